The molecule has 72 valence electrons. The van der Waals surface area contributed by atoms with Crippen LogP contribution in [0.5, 0.6) is 0 Å². The normalized spacial score (nSPS) is 10.6. The summed E-state index contributed by atoms with van der Waals surface area (Å²) in [5, 5.41) is 0.423. The van der Waals surface area contributed by atoms with Crippen LogP contribution >= 0.6 is 0 Å². The average molecular weight is 191 g/mol. The Morgan fingerprint density at radius 1 is 1.36 bits per heavy atom. The summed E-state index contributed by atoms with van der Waals surface area (Å²) in [5.74, 6) is 0. The maximum Gasteiger partial charge on any atom is 0.328 e. The van der Waals surface area contributed by atoms with Crippen LogP contribution in [0.2, 0.25) is 0 Å². The van der Waals surface area contributed by atoms with Crippen molar-refractivity contribution >= 4 is 16.6 Å². The SMILES string of the molecule is Cn1c(=O)[nH]c(=O)c2cc(N)ccc21. The molecular formula is C9H9N3O2. The first kappa shape index (κ1) is 8.55. The van der Waals surface area contributed by atoms with Gasteiger partial charge in [0.1, 0.15) is 0 Å². The molecular weight excluding hydrogens is 182 g/mol. The van der Waals surface area contributed by atoms with Gasteiger partial charge in [0.2, 0.25) is 0 Å². The summed E-state index contributed by atoms with van der Waals surface area (Å²) in [6.45, 7) is 0. The van der Waals surface area contributed by atoms with Crippen molar-refractivity contribution in [3.63, 3.8) is 0 Å². The molecule has 1 heterocycles. The Labute approximate surface area is 78.8 Å². The van der Waals surface area contributed by atoms with Crippen molar-refractivity contribution in [2.24, 2.45) is 7.05 Å². The van der Waals surface area contributed by atoms with Crippen LogP contribution in [-0.2, 0) is 7.05 Å². The topological polar surface area (TPSA) is 80.9 Å². The van der Waals surface area contributed by atoms with Gasteiger partial charge in [0.25, 0.3) is 5.56 Å². The lowest BCUT2D eigenvalue weighted by molar-refractivity contribution is 0.843. The van der Waals surface area contributed by atoms with Crippen molar-refractivity contribution in [1.29, 1.82) is 0 Å². The van der Waals surface area contributed by atoms with Crippen molar-refractivity contribution < 1.29 is 0 Å². The van der Waals surface area contributed by atoms with Crippen LogP contribution in [0.1, 0.15) is 0 Å². The van der Waals surface area contributed by atoms with Crippen LogP contribution in [-0.4, -0.2) is 9.55 Å². The van der Waals surface area contributed by atoms with E-state index in [2.05, 4.69) is 4.98 Å². The van der Waals surface area contributed by atoms with Gasteiger partial charge in [0, 0.05) is 12.7 Å². The van der Waals surface area contributed by atoms with E-state index in [0.717, 1.165) is 0 Å². The molecule has 0 saturated heterocycles. The van der Waals surface area contributed by atoms with Gasteiger partial charge in [-0.1, -0.05) is 0 Å². The zero-order valence-corrected chi connectivity index (χ0v) is 7.57. The molecule has 0 aliphatic heterocycles. The highest BCUT2D eigenvalue weighted by molar-refractivity contribution is 5.81. The van der Waals surface area contributed by atoms with E-state index in [1.54, 1.807) is 25.2 Å². The number of H-pyrrole nitrogens is 1. The molecule has 0 bridgehead atoms. The predicted octanol–water partition coefficient (Wildman–Crippen LogP) is -0.191. The third-order valence-electron chi connectivity index (χ3n) is 2.15. The van der Waals surface area contributed by atoms with Gasteiger partial charge in [-0.15, -0.1) is 0 Å². The third-order valence-corrected chi connectivity index (χ3v) is 2.15. The van der Waals surface area contributed by atoms with Crippen LogP contribution < -0.4 is 17.0 Å². The summed E-state index contributed by atoms with van der Waals surface area (Å²) < 4.78 is 1.37. The molecule has 0 radical (unpaired) electrons. The molecule has 0 fully saturated rings. The number of anilines is 1. The van der Waals surface area contributed by atoms with Gasteiger partial charge in [-0.3, -0.25) is 14.3 Å². The maximum absolute atomic E-state index is 11.4. The van der Waals surface area contributed by atoms with E-state index >= 15 is 0 Å². The summed E-state index contributed by atoms with van der Waals surface area (Å²) in [6.07, 6.45) is 0. The van der Waals surface area contributed by atoms with Crippen molar-refractivity contribution in [3.8, 4) is 0 Å². The monoisotopic (exact) mass is 191 g/mol. The lowest BCUT2D eigenvalue weighted by Gasteiger charge is -2.03. The van der Waals surface area contributed by atoms with Crippen molar-refractivity contribution in [2.75, 3.05) is 5.73 Å². The summed E-state index contributed by atoms with van der Waals surface area (Å²) in [6, 6.07) is 4.86. The minimum absolute atomic E-state index is 0.407. The quantitative estimate of drug-likeness (QED) is 0.566. The smallest absolute Gasteiger partial charge is 0.328 e. The standard InChI is InChI=1S/C9H9N3O2/c1-12-7-3-2-5(10)4-6(7)8(13)11-9(12)14/h2-4H,10H2,1H3,(H,11,13,14). The van der Waals surface area contributed by atoms with Gasteiger partial charge < -0.3 is 5.73 Å². The molecule has 0 aliphatic carbocycles. The summed E-state index contributed by atoms with van der Waals surface area (Å²) in [7, 11) is 1.59. The summed E-state index contributed by atoms with van der Waals surface area (Å²) in [5.41, 5.74) is 5.79. The van der Waals surface area contributed by atoms with Crippen LogP contribution in [0.15, 0.2) is 27.8 Å². The highest BCUT2D eigenvalue weighted by Crippen LogP contribution is 2.10. The van der Waals surface area contributed by atoms with Crippen LogP contribution in [0, 0.1) is 0 Å². The van der Waals surface area contributed by atoms with Crippen molar-refractivity contribution in [1.82, 2.24) is 9.55 Å². The fourth-order valence-electron chi connectivity index (χ4n) is 1.39. The van der Waals surface area contributed by atoms with Gasteiger partial charge in [0.15, 0.2) is 0 Å². The number of rotatable bonds is 0. The molecule has 2 aromatic rings. The Bertz CT molecular complexity index is 609. The van der Waals surface area contributed by atoms with Crippen molar-refractivity contribution in [2.45, 2.75) is 0 Å². The molecule has 1 aromatic carbocycles. The molecule has 0 spiro atoms. The molecule has 0 saturated carbocycles. The average Bonchev–Trinajstić information content (AvgIpc) is 2.14. The Morgan fingerprint density at radius 3 is 2.79 bits per heavy atom. The number of aryl methyl sites for hydroxylation is 1. The number of aromatic nitrogens is 2. The van der Waals surface area contributed by atoms with Crippen LogP contribution in [0.25, 0.3) is 10.9 Å². The highest BCUT2D eigenvalue weighted by atomic mass is 16.2. The number of hydrogen-bond donors (Lipinski definition) is 2. The lowest BCUT2D eigenvalue weighted by atomic mass is 10.2. The molecule has 2 rings (SSSR count). The number of nitrogens with one attached hydrogen (secondary N) is 1. The Balaban J connectivity index is 3.10. The molecule has 0 unspecified atom stereocenters. The predicted molar refractivity (Wildman–Crippen MR) is 54.2 cm³/mol. The molecule has 5 heteroatoms. The number of nitrogen functional groups attached to an aromatic ring is 1. The van der Waals surface area contributed by atoms with E-state index in [1.165, 1.54) is 4.57 Å². The minimum atomic E-state index is -0.424. The molecule has 14 heavy (non-hydrogen) atoms. The number of benzene rings is 1. The van der Waals surface area contributed by atoms with Gasteiger partial charge in [-0.25, -0.2) is 4.79 Å². The molecule has 0 amide bonds. The minimum Gasteiger partial charge on any atom is -0.399 e. The van der Waals surface area contributed by atoms with Crippen LogP contribution in [0.3, 0.4) is 0 Å². The van der Waals surface area contributed by atoms with Crippen LogP contribution in [0.4, 0.5) is 5.69 Å². The van der Waals surface area contributed by atoms with Gasteiger partial charge in [-0.2, -0.15) is 0 Å². The van der Waals surface area contributed by atoms with E-state index in [9.17, 15) is 9.59 Å². The number of fused-ring (bicyclic) bond motifs is 1. The Morgan fingerprint density at radius 2 is 2.07 bits per heavy atom. The second kappa shape index (κ2) is 2.73. The fraction of sp³-hybridized carbons (Fsp3) is 0.111. The number of hydrogen-bond acceptors (Lipinski definition) is 3. The first-order chi connectivity index (χ1) is 6.59. The summed E-state index contributed by atoms with van der Waals surface area (Å²) >= 11 is 0. The zero-order valence-electron chi connectivity index (χ0n) is 7.57. The number of aromatic amines is 1. The number of nitrogens with zero attached hydrogens (tertiary/aromatic N) is 1. The van der Waals surface area contributed by atoms with Gasteiger partial charge >= 0.3 is 5.69 Å². The largest absolute Gasteiger partial charge is 0.399 e. The molecule has 0 aliphatic rings. The molecule has 1 aromatic heterocycles. The van der Waals surface area contributed by atoms with Gasteiger partial charge in [-0.05, 0) is 18.2 Å². The lowest BCUT2D eigenvalue weighted by Crippen LogP contribution is -2.28. The zero-order chi connectivity index (χ0) is 10.3. The van der Waals surface area contributed by atoms with E-state index in [-0.39, 0.29) is 0 Å². The highest BCUT2D eigenvalue weighted by Gasteiger charge is 2.03. The number of nitrogens with two attached hydrogens (primary N) is 1. The molecule has 0 atom stereocenters. The third kappa shape index (κ3) is 1.10. The summed E-state index contributed by atoms with van der Waals surface area (Å²) in [4.78, 5) is 24.8. The second-order valence-electron chi connectivity index (χ2n) is 3.09. The second-order valence-corrected chi connectivity index (χ2v) is 3.09. The first-order valence-corrected chi connectivity index (χ1v) is 4.08. The van der Waals surface area contributed by atoms with E-state index in [0.29, 0.717) is 16.6 Å². The molecule has 3 N–H and O–H groups in total. The van der Waals surface area contributed by atoms with E-state index in [1.807, 2.05) is 0 Å². The fourth-order valence-corrected chi connectivity index (χ4v) is 1.39. The Kier molecular flexibility index (Phi) is 1.67. The maximum atomic E-state index is 11.4. The molecule has 5 nitrogen and oxygen atoms in total. The van der Waals surface area contributed by atoms with Gasteiger partial charge in [0.05, 0.1) is 10.9 Å². The Hall–Kier alpha value is -2.04. The van der Waals surface area contributed by atoms with Crippen molar-refractivity contribution in [3.05, 3.63) is 39.0 Å². The van der Waals surface area contributed by atoms with E-state index < -0.39 is 11.2 Å². The first-order valence-electron chi connectivity index (χ1n) is 4.08. The van der Waals surface area contributed by atoms with E-state index in [4.69, 9.17) is 5.73 Å².